The maximum absolute atomic E-state index is 6.31. The third-order valence-electron chi connectivity index (χ3n) is 7.65. The Labute approximate surface area is 150 Å². The first kappa shape index (κ1) is 18.5. The molecule has 3 saturated carbocycles. The fourth-order valence-corrected chi connectivity index (χ4v) is 5.66. The Kier molecular flexibility index (Phi) is 7.25. The molecule has 0 radical (unpaired) electrons. The summed E-state index contributed by atoms with van der Waals surface area (Å²) in [4.78, 5) is 0. The SMILES string of the molecule is C=CC1CCC(C2CCC(COC3CCC(CC)CC3)CC2)CC1. The van der Waals surface area contributed by atoms with Gasteiger partial charge in [-0.2, -0.15) is 0 Å². The Balaban J connectivity index is 1.30. The van der Waals surface area contributed by atoms with Crippen molar-refractivity contribution in [3.05, 3.63) is 12.7 Å². The predicted molar refractivity (Wildman–Crippen MR) is 103 cm³/mol. The second-order valence-corrected chi connectivity index (χ2v) is 9.08. The van der Waals surface area contributed by atoms with Gasteiger partial charge in [0.15, 0.2) is 0 Å². The molecule has 0 aromatic heterocycles. The van der Waals surface area contributed by atoms with Crippen molar-refractivity contribution in [2.75, 3.05) is 6.61 Å². The first-order valence-corrected chi connectivity index (χ1v) is 11.0. The molecule has 0 saturated heterocycles. The van der Waals surface area contributed by atoms with E-state index in [2.05, 4.69) is 19.6 Å². The quantitative estimate of drug-likeness (QED) is 0.488. The van der Waals surface area contributed by atoms with Crippen LogP contribution in [0.4, 0.5) is 0 Å². The molecule has 0 aromatic rings. The molecule has 3 aliphatic rings. The van der Waals surface area contributed by atoms with Crippen molar-refractivity contribution in [1.29, 1.82) is 0 Å². The van der Waals surface area contributed by atoms with Gasteiger partial charge in [-0.3, -0.25) is 0 Å². The molecular weight excluding hydrogens is 292 g/mol. The molecule has 24 heavy (non-hydrogen) atoms. The van der Waals surface area contributed by atoms with Gasteiger partial charge in [0.25, 0.3) is 0 Å². The van der Waals surface area contributed by atoms with Crippen LogP contribution in [0.3, 0.4) is 0 Å². The van der Waals surface area contributed by atoms with Gasteiger partial charge >= 0.3 is 0 Å². The molecule has 3 aliphatic carbocycles. The van der Waals surface area contributed by atoms with Crippen LogP contribution in [0.2, 0.25) is 0 Å². The van der Waals surface area contributed by atoms with Gasteiger partial charge in [-0.1, -0.05) is 19.4 Å². The number of rotatable bonds is 6. The van der Waals surface area contributed by atoms with Crippen LogP contribution in [0.25, 0.3) is 0 Å². The van der Waals surface area contributed by atoms with Crippen molar-refractivity contribution in [1.82, 2.24) is 0 Å². The van der Waals surface area contributed by atoms with E-state index >= 15 is 0 Å². The third-order valence-corrected chi connectivity index (χ3v) is 7.65. The van der Waals surface area contributed by atoms with Gasteiger partial charge in [0.2, 0.25) is 0 Å². The number of ether oxygens (including phenoxy) is 1. The summed E-state index contributed by atoms with van der Waals surface area (Å²) in [7, 11) is 0. The molecule has 0 amide bonds. The van der Waals surface area contributed by atoms with Crippen LogP contribution in [0.1, 0.15) is 90.4 Å². The Hall–Kier alpha value is -0.300. The zero-order valence-electron chi connectivity index (χ0n) is 16.1. The highest BCUT2D eigenvalue weighted by Gasteiger charge is 2.30. The van der Waals surface area contributed by atoms with E-state index in [0.29, 0.717) is 6.10 Å². The summed E-state index contributed by atoms with van der Waals surface area (Å²) < 4.78 is 6.31. The molecule has 3 rings (SSSR count). The lowest BCUT2D eigenvalue weighted by Gasteiger charge is -2.38. The Bertz CT molecular complexity index is 352. The average molecular weight is 333 g/mol. The third kappa shape index (κ3) is 5.10. The molecule has 0 unspecified atom stereocenters. The molecule has 138 valence electrons. The summed E-state index contributed by atoms with van der Waals surface area (Å²) in [5.41, 5.74) is 0. The Morgan fingerprint density at radius 1 is 0.750 bits per heavy atom. The minimum absolute atomic E-state index is 0.583. The van der Waals surface area contributed by atoms with Crippen molar-refractivity contribution in [3.63, 3.8) is 0 Å². The van der Waals surface area contributed by atoms with E-state index in [1.807, 2.05) is 0 Å². The summed E-state index contributed by atoms with van der Waals surface area (Å²) in [5, 5.41) is 0. The van der Waals surface area contributed by atoms with Crippen molar-refractivity contribution in [2.45, 2.75) is 96.5 Å². The zero-order chi connectivity index (χ0) is 16.8. The van der Waals surface area contributed by atoms with Gasteiger partial charge in [0, 0.05) is 6.61 Å². The van der Waals surface area contributed by atoms with Gasteiger partial charge in [0.05, 0.1) is 6.10 Å². The first-order valence-electron chi connectivity index (χ1n) is 11.0. The molecule has 0 spiro atoms. The normalized spacial score (nSPS) is 41.0. The minimum atomic E-state index is 0.583. The number of allylic oxidation sites excluding steroid dienone is 1. The van der Waals surface area contributed by atoms with E-state index in [9.17, 15) is 0 Å². The zero-order valence-corrected chi connectivity index (χ0v) is 16.1. The average Bonchev–Trinajstić information content (AvgIpc) is 2.67. The summed E-state index contributed by atoms with van der Waals surface area (Å²) in [5.74, 6) is 4.69. The molecule has 0 aliphatic heterocycles. The van der Waals surface area contributed by atoms with Crippen LogP contribution < -0.4 is 0 Å². The lowest BCUT2D eigenvalue weighted by molar-refractivity contribution is -0.0124. The highest BCUT2D eigenvalue weighted by molar-refractivity contribution is 4.87. The van der Waals surface area contributed by atoms with Crippen LogP contribution >= 0.6 is 0 Å². The molecule has 0 aromatic carbocycles. The monoisotopic (exact) mass is 332 g/mol. The van der Waals surface area contributed by atoms with Gasteiger partial charge in [-0.05, 0) is 107 Å². The van der Waals surface area contributed by atoms with E-state index in [-0.39, 0.29) is 0 Å². The fraction of sp³-hybridized carbons (Fsp3) is 0.913. The predicted octanol–water partition coefficient (Wildman–Crippen LogP) is 6.77. The molecule has 0 bridgehead atoms. The van der Waals surface area contributed by atoms with E-state index in [1.54, 1.807) is 0 Å². The topological polar surface area (TPSA) is 9.23 Å². The van der Waals surface area contributed by atoms with Gasteiger partial charge in [0.1, 0.15) is 0 Å². The molecule has 1 heteroatoms. The molecule has 0 N–H and O–H groups in total. The smallest absolute Gasteiger partial charge is 0.0575 e. The van der Waals surface area contributed by atoms with Gasteiger partial charge < -0.3 is 4.74 Å². The van der Waals surface area contributed by atoms with Crippen LogP contribution in [0.15, 0.2) is 12.7 Å². The van der Waals surface area contributed by atoms with E-state index in [1.165, 1.54) is 83.5 Å². The van der Waals surface area contributed by atoms with E-state index in [4.69, 9.17) is 4.74 Å². The first-order chi connectivity index (χ1) is 11.8. The molecule has 3 fully saturated rings. The van der Waals surface area contributed by atoms with Gasteiger partial charge in [-0.25, -0.2) is 0 Å². The van der Waals surface area contributed by atoms with Crippen molar-refractivity contribution < 1.29 is 4.74 Å². The number of hydrogen-bond donors (Lipinski definition) is 0. The van der Waals surface area contributed by atoms with E-state index < -0.39 is 0 Å². The minimum Gasteiger partial charge on any atom is -0.378 e. The summed E-state index contributed by atoms with van der Waals surface area (Å²) in [6, 6.07) is 0. The van der Waals surface area contributed by atoms with Crippen molar-refractivity contribution in [3.8, 4) is 0 Å². The maximum atomic E-state index is 6.31. The molecule has 0 atom stereocenters. The van der Waals surface area contributed by atoms with Gasteiger partial charge in [-0.15, -0.1) is 6.58 Å². The lowest BCUT2D eigenvalue weighted by atomic mass is 9.69. The van der Waals surface area contributed by atoms with Crippen molar-refractivity contribution >= 4 is 0 Å². The second-order valence-electron chi connectivity index (χ2n) is 9.08. The summed E-state index contributed by atoms with van der Waals surface area (Å²) in [6.45, 7) is 7.38. The second kappa shape index (κ2) is 9.41. The Morgan fingerprint density at radius 3 is 1.83 bits per heavy atom. The largest absolute Gasteiger partial charge is 0.378 e. The fourth-order valence-electron chi connectivity index (χ4n) is 5.66. The maximum Gasteiger partial charge on any atom is 0.0575 e. The molecule has 0 heterocycles. The highest BCUT2D eigenvalue weighted by atomic mass is 16.5. The number of hydrogen-bond acceptors (Lipinski definition) is 1. The molecule has 1 nitrogen and oxygen atoms in total. The van der Waals surface area contributed by atoms with Crippen LogP contribution in [-0.4, -0.2) is 12.7 Å². The summed E-state index contributed by atoms with van der Waals surface area (Å²) >= 11 is 0. The van der Waals surface area contributed by atoms with E-state index in [0.717, 1.165) is 36.2 Å². The lowest BCUT2D eigenvalue weighted by Crippen LogP contribution is -2.28. The van der Waals surface area contributed by atoms with Crippen molar-refractivity contribution in [2.24, 2.45) is 29.6 Å². The molecular formula is C23H40O. The van der Waals surface area contributed by atoms with Crippen LogP contribution in [-0.2, 0) is 4.74 Å². The van der Waals surface area contributed by atoms with Crippen LogP contribution in [0, 0.1) is 29.6 Å². The standard InChI is InChI=1S/C23H40O/c1-3-18-5-11-21(12-6-18)22-13-7-20(8-14-22)17-24-23-15-9-19(4-2)10-16-23/h3,18-23H,1,4-17H2,2H3. The highest BCUT2D eigenvalue weighted by Crippen LogP contribution is 2.41. The Morgan fingerprint density at radius 2 is 1.29 bits per heavy atom. The summed E-state index contributed by atoms with van der Waals surface area (Å²) in [6.07, 6.45) is 21.1. The van der Waals surface area contributed by atoms with Crippen LogP contribution in [0.5, 0.6) is 0 Å².